The van der Waals surface area contributed by atoms with E-state index >= 15 is 0 Å². The lowest BCUT2D eigenvalue weighted by Gasteiger charge is -2.22. The molecular formula is C20H34IN7O2. The number of aliphatic imine (C=N–C) groups is 1. The highest BCUT2D eigenvalue weighted by atomic mass is 127. The van der Waals surface area contributed by atoms with Crippen LogP contribution < -0.4 is 10.6 Å². The van der Waals surface area contributed by atoms with Crippen LogP contribution in [0.4, 0.5) is 4.79 Å². The zero-order valence-electron chi connectivity index (χ0n) is 18.3. The molecule has 3 rings (SSSR count). The normalized spacial score (nSPS) is 24.3. The van der Waals surface area contributed by atoms with Crippen LogP contribution in [0.3, 0.4) is 0 Å². The van der Waals surface area contributed by atoms with Crippen molar-refractivity contribution in [2.75, 3.05) is 33.2 Å². The lowest BCUT2D eigenvalue weighted by molar-refractivity contribution is -0.130. The number of rotatable bonds is 7. The summed E-state index contributed by atoms with van der Waals surface area (Å²) < 4.78 is 1.84. The van der Waals surface area contributed by atoms with Crippen molar-refractivity contribution in [3.63, 3.8) is 0 Å². The smallest absolute Gasteiger partial charge is 0.325 e. The van der Waals surface area contributed by atoms with Gasteiger partial charge in [0.1, 0.15) is 5.54 Å². The monoisotopic (exact) mass is 531 g/mol. The Bertz CT molecular complexity index is 781. The zero-order chi connectivity index (χ0) is 21.0. The number of carbonyl (C=O) groups is 2. The predicted molar refractivity (Wildman–Crippen MR) is 127 cm³/mol. The predicted octanol–water partition coefficient (Wildman–Crippen LogP) is 1.59. The average molecular weight is 531 g/mol. The molecule has 168 valence electrons. The lowest BCUT2D eigenvalue weighted by Crippen LogP contribution is -2.43. The van der Waals surface area contributed by atoms with Crippen molar-refractivity contribution < 1.29 is 9.59 Å². The fourth-order valence-electron chi connectivity index (χ4n) is 4.06. The Morgan fingerprint density at radius 1 is 1.43 bits per heavy atom. The Labute approximate surface area is 195 Å². The number of urea groups is 1. The summed E-state index contributed by atoms with van der Waals surface area (Å²) in [6.07, 6.45) is 7.46. The molecule has 2 unspecified atom stereocenters. The van der Waals surface area contributed by atoms with Crippen LogP contribution in [0.2, 0.25) is 0 Å². The van der Waals surface area contributed by atoms with Crippen molar-refractivity contribution >= 4 is 41.9 Å². The third-order valence-corrected chi connectivity index (χ3v) is 5.97. The maximum Gasteiger partial charge on any atom is 0.325 e. The zero-order valence-corrected chi connectivity index (χ0v) is 20.7. The summed E-state index contributed by atoms with van der Waals surface area (Å²) in [4.78, 5) is 32.5. The van der Waals surface area contributed by atoms with E-state index in [9.17, 15) is 9.59 Å². The van der Waals surface area contributed by atoms with Gasteiger partial charge in [-0.3, -0.25) is 19.4 Å². The minimum atomic E-state index is -0.764. The van der Waals surface area contributed by atoms with Gasteiger partial charge in [-0.15, -0.1) is 24.0 Å². The van der Waals surface area contributed by atoms with E-state index in [1.54, 1.807) is 14.0 Å². The van der Waals surface area contributed by atoms with Crippen molar-refractivity contribution in [3.05, 3.63) is 18.0 Å². The summed E-state index contributed by atoms with van der Waals surface area (Å²) in [5.74, 6) is 1.34. The first-order valence-electron chi connectivity index (χ1n) is 10.4. The van der Waals surface area contributed by atoms with Gasteiger partial charge in [0.05, 0.1) is 6.20 Å². The van der Waals surface area contributed by atoms with Crippen LogP contribution in [0.15, 0.2) is 17.4 Å². The lowest BCUT2D eigenvalue weighted by atomic mass is 9.99. The van der Waals surface area contributed by atoms with E-state index in [1.807, 2.05) is 24.9 Å². The molecule has 2 saturated heterocycles. The van der Waals surface area contributed by atoms with Gasteiger partial charge in [0.25, 0.3) is 5.91 Å². The van der Waals surface area contributed by atoms with Crippen molar-refractivity contribution in [1.29, 1.82) is 0 Å². The minimum absolute atomic E-state index is 0. The van der Waals surface area contributed by atoms with Crippen LogP contribution in [-0.2, 0) is 18.3 Å². The fraction of sp³-hybridized carbons (Fsp3) is 0.700. The highest BCUT2D eigenvalue weighted by Crippen LogP contribution is 2.22. The number of carbonyl (C=O) groups excluding carboxylic acids is 2. The molecule has 3 amide bonds. The van der Waals surface area contributed by atoms with Crippen LogP contribution in [0.1, 0.15) is 38.7 Å². The van der Waals surface area contributed by atoms with Gasteiger partial charge in [0, 0.05) is 46.5 Å². The molecule has 1 aromatic rings. The number of hydrogen-bond donors (Lipinski definition) is 2. The first kappa shape index (κ1) is 24.4. The number of guanidine groups is 1. The molecule has 0 aromatic carbocycles. The van der Waals surface area contributed by atoms with Gasteiger partial charge >= 0.3 is 6.03 Å². The van der Waals surface area contributed by atoms with Gasteiger partial charge in [-0.1, -0.05) is 6.92 Å². The summed E-state index contributed by atoms with van der Waals surface area (Å²) in [5, 5.41) is 10.4. The van der Waals surface area contributed by atoms with Gasteiger partial charge in [-0.05, 0) is 44.1 Å². The number of imide groups is 1. The molecule has 2 aliphatic rings. The molecule has 0 bridgehead atoms. The summed E-state index contributed by atoms with van der Waals surface area (Å²) in [6, 6.07) is -0.290. The fourth-order valence-corrected chi connectivity index (χ4v) is 4.06. The van der Waals surface area contributed by atoms with Crippen molar-refractivity contribution in [2.45, 2.75) is 45.1 Å². The molecule has 2 fully saturated rings. The number of aryl methyl sites for hydroxylation is 1. The molecule has 0 radical (unpaired) electrons. The highest BCUT2D eigenvalue weighted by molar-refractivity contribution is 14.0. The third-order valence-electron chi connectivity index (χ3n) is 5.97. The van der Waals surface area contributed by atoms with E-state index in [4.69, 9.17) is 0 Å². The second-order valence-corrected chi connectivity index (χ2v) is 8.23. The molecule has 2 aliphatic heterocycles. The summed E-state index contributed by atoms with van der Waals surface area (Å²) in [5.41, 5.74) is 0.509. The third kappa shape index (κ3) is 5.44. The second kappa shape index (κ2) is 10.5. The number of nitrogens with zero attached hydrogens (tertiary/aromatic N) is 5. The number of amides is 3. The van der Waals surface area contributed by atoms with Crippen LogP contribution in [0.5, 0.6) is 0 Å². The van der Waals surface area contributed by atoms with E-state index in [0.29, 0.717) is 31.8 Å². The topological polar surface area (TPSA) is 94.9 Å². The SMILES string of the molecule is CCC1(C)NC(=O)N(CCCNC(=NC)N2CCC(Cc3cnn(C)c3)C2)C1=O.I. The van der Waals surface area contributed by atoms with Crippen molar-refractivity contribution in [1.82, 2.24) is 30.2 Å². The van der Waals surface area contributed by atoms with E-state index in [2.05, 4.69) is 31.8 Å². The van der Waals surface area contributed by atoms with E-state index in [1.165, 1.54) is 10.5 Å². The Morgan fingerprint density at radius 2 is 2.20 bits per heavy atom. The molecule has 0 saturated carbocycles. The molecule has 0 spiro atoms. The molecule has 0 aliphatic carbocycles. The number of hydrogen-bond acceptors (Lipinski definition) is 4. The summed E-state index contributed by atoms with van der Waals surface area (Å²) in [7, 11) is 3.74. The second-order valence-electron chi connectivity index (χ2n) is 8.23. The molecule has 9 nitrogen and oxygen atoms in total. The van der Waals surface area contributed by atoms with Gasteiger partial charge in [0.15, 0.2) is 5.96 Å². The molecule has 3 heterocycles. The van der Waals surface area contributed by atoms with E-state index in [0.717, 1.165) is 31.9 Å². The molecule has 2 atom stereocenters. The van der Waals surface area contributed by atoms with Gasteiger partial charge in [-0.25, -0.2) is 4.79 Å². The van der Waals surface area contributed by atoms with Gasteiger partial charge in [-0.2, -0.15) is 5.10 Å². The number of likely N-dealkylation sites (tertiary alicyclic amines) is 1. The molecule has 2 N–H and O–H groups in total. The van der Waals surface area contributed by atoms with E-state index in [-0.39, 0.29) is 35.9 Å². The van der Waals surface area contributed by atoms with Crippen LogP contribution in [0, 0.1) is 5.92 Å². The minimum Gasteiger partial charge on any atom is -0.356 e. The largest absolute Gasteiger partial charge is 0.356 e. The van der Waals surface area contributed by atoms with Crippen LogP contribution >= 0.6 is 24.0 Å². The summed E-state index contributed by atoms with van der Waals surface area (Å²) >= 11 is 0. The maximum atomic E-state index is 12.4. The first-order valence-corrected chi connectivity index (χ1v) is 10.4. The molecule has 30 heavy (non-hydrogen) atoms. The molecule has 10 heteroatoms. The van der Waals surface area contributed by atoms with Gasteiger partial charge in [0.2, 0.25) is 0 Å². The van der Waals surface area contributed by atoms with Crippen LogP contribution in [-0.4, -0.2) is 76.2 Å². The number of nitrogens with one attached hydrogen (secondary N) is 2. The Hall–Kier alpha value is -1.85. The van der Waals surface area contributed by atoms with Gasteiger partial charge < -0.3 is 15.5 Å². The average Bonchev–Trinajstić information content (AvgIpc) is 3.37. The first-order chi connectivity index (χ1) is 13.9. The summed E-state index contributed by atoms with van der Waals surface area (Å²) in [6.45, 7) is 6.71. The van der Waals surface area contributed by atoms with E-state index < -0.39 is 5.54 Å². The Kier molecular flexibility index (Phi) is 8.51. The number of aromatic nitrogens is 2. The Balaban J connectivity index is 0.00000320. The molecular weight excluding hydrogens is 497 g/mol. The highest BCUT2D eigenvalue weighted by Gasteiger charge is 2.45. The number of halogens is 1. The molecule has 1 aromatic heterocycles. The van der Waals surface area contributed by atoms with Crippen molar-refractivity contribution in [3.8, 4) is 0 Å². The standard InChI is InChI=1S/C20H33N7O2.HI/c1-5-20(2)17(28)27(19(29)24-20)9-6-8-22-18(21-3)26-10-7-15(14-26)11-16-12-23-25(4)13-16;/h12-13,15H,5-11,14H2,1-4H3,(H,21,22)(H,24,29);1H. The van der Waals surface area contributed by atoms with Crippen molar-refractivity contribution in [2.24, 2.45) is 18.0 Å². The maximum absolute atomic E-state index is 12.4. The quantitative estimate of drug-likeness (QED) is 0.183. The van der Waals surface area contributed by atoms with Crippen LogP contribution in [0.25, 0.3) is 0 Å². The Morgan fingerprint density at radius 3 is 2.80 bits per heavy atom.